The second-order valence-electron chi connectivity index (χ2n) is 1.99. The zero-order chi connectivity index (χ0) is 9.19. The summed E-state index contributed by atoms with van der Waals surface area (Å²) in [7, 11) is 0. The number of halogens is 3. The van der Waals surface area contributed by atoms with E-state index in [2.05, 4.69) is 10.2 Å². The van der Waals surface area contributed by atoms with Crippen molar-refractivity contribution < 1.29 is 13.2 Å². The largest absolute Gasteiger partial charge is 0.433 e. The van der Waals surface area contributed by atoms with Gasteiger partial charge in [-0.15, -0.1) is 4.91 Å². The van der Waals surface area contributed by atoms with Crippen molar-refractivity contribution in [2.24, 2.45) is 5.18 Å². The molecule has 1 aromatic heterocycles. The summed E-state index contributed by atoms with van der Waals surface area (Å²) < 4.78 is 35.7. The number of nitrogens with zero attached hydrogens (tertiary/aromatic N) is 2. The van der Waals surface area contributed by atoms with Crippen molar-refractivity contribution in [1.29, 1.82) is 0 Å². The maximum Gasteiger partial charge on any atom is 0.433 e. The van der Waals surface area contributed by atoms with E-state index >= 15 is 0 Å². The summed E-state index contributed by atoms with van der Waals surface area (Å²) >= 11 is 0. The molecule has 0 unspecified atom stereocenters. The van der Waals surface area contributed by atoms with Gasteiger partial charge in [0.15, 0.2) is 0 Å². The van der Waals surface area contributed by atoms with E-state index in [4.69, 9.17) is 0 Å². The molecule has 1 rings (SSSR count). The quantitative estimate of drug-likeness (QED) is 0.617. The lowest BCUT2D eigenvalue weighted by Gasteiger charge is -2.03. The van der Waals surface area contributed by atoms with Crippen LogP contribution in [-0.4, -0.2) is 4.98 Å². The third kappa shape index (κ3) is 1.77. The standard InChI is InChI=1S/C6H3F3N2O/c7-6(8,9)5-3-4(11-12)1-2-10-5/h1-3H. The zero-order valence-electron chi connectivity index (χ0n) is 5.67. The van der Waals surface area contributed by atoms with Crippen LogP contribution in [0.5, 0.6) is 0 Å². The number of aromatic nitrogens is 1. The molecule has 0 aliphatic heterocycles. The van der Waals surface area contributed by atoms with E-state index in [-0.39, 0.29) is 5.69 Å². The zero-order valence-corrected chi connectivity index (χ0v) is 5.67. The van der Waals surface area contributed by atoms with Gasteiger partial charge in [0.25, 0.3) is 0 Å². The van der Waals surface area contributed by atoms with Crippen molar-refractivity contribution in [3.63, 3.8) is 0 Å². The minimum Gasteiger partial charge on any atom is -0.252 e. The van der Waals surface area contributed by atoms with Crippen LogP contribution in [0.3, 0.4) is 0 Å². The second-order valence-corrected chi connectivity index (χ2v) is 1.99. The number of alkyl halides is 3. The van der Waals surface area contributed by atoms with Crippen molar-refractivity contribution in [3.05, 3.63) is 28.9 Å². The maximum atomic E-state index is 11.9. The first-order chi connectivity index (χ1) is 5.54. The summed E-state index contributed by atoms with van der Waals surface area (Å²) in [5.74, 6) is 0. The first-order valence-electron chi connectivity index (χ1n) is 2.90. The second kappa shape index (κ2) is 2.88. The molecule has 0 aromatic carbocycles. The van der Waals surface area contributed by atoms with E-state index in [9.17, 15) is 18.1 Å². The number of hydrogen-bond acceptors (Lipinski definition) is 3. The minimum atomic E-state index is -4.53. The first-order valence-corrected chi connectivity index (χ1v) is 2.90. The van der Waals surface area contributed by atoms with Crippen LogP contribution in [0.2, 0.25) is 0 Å². The molecule has 0 aliphatic rings. The van der Waals surface area contributed by atoms with Crippen LogP contribution in [0.4, 0.5) is 18.9 Å². The topological polar surface area (TPSA) is 42.3 Å². The van der Waals surface area contributed by atoms with Gasteiger partial charge < -0.3 is 0 Å². The SMILES string of the molecule is O=Nc1ccnc(C(F)(F)F)c1. The van der Waals surface area contributed by atoms with Crippen LogP contribution in [0, 0.1) is 4.91 Å². The summed E-state index contributed by atoms with van der Waals surface area (Å²) in [6, 6.07) is 1.69. The number of hydrogen-bond donors (Lipinski definition) is 0. The van der Waals surface area contributed by atoms with Gasteiger partial charge in [0.05, 0.1) is 0 Å². The van der Waals surface area contributed by atoms with Crippen LogP contribution in [0.15, 0.2) is 23.5 Å². The average Bonchev–Trinajstić information content (AvgIpc) is 2.03. The van der Waals surface area contributed by atoms with Gasteiger partial charge in [-0.1, -0.05) is 0 Å². The summed E-state index contributed by atoms with van der Waals surface area (Å²) in [6.07, 6.45) is -3.64. The van der Waals surface area contributed by atoms with Crippen molar-refractivity contribution in [2.45, 2.75) is 6.18 Å². The highest BCUT2D eigenvalue weighted by atomic mass is 19.4. The summed E-state index contributed by atoms with van der Waals surface area (Å²) in [5.41, 5.74) is -1.39. The molecule has 0 radical (unpaired) electrons. The molecule has 1 aromatic rings. The normalized spacial score (nSPS) is 11.2. The number of pyridine rings is 1. The van der Waals surface area contributed by atoms with Gasteiger partial charge in [-0.25, -0.2) is 0 Å². The number of nitroso groups, excluding NO2 is 1. The van der Waals surface area contributed by atoms with Crippen LogP contribution < -0.4 is 0 Å². The Bertz CT molecular complexity index is 297. The van der Waals surface area contributed by atoms with Gasteiger partial charge in [0.1, 0.15) is 11.4 Å². The number of rotatable bonds is 1. The lowest BCUT2D eigenvalue weighted by Crippen LogP contribution is -2.06. The molecule has 0 saturated heterocycles. The van der Waals surface area contributed by atoms with Crippen LogP contribution >= 0.6 is 0 Å². The molecule has 0 fully saturated rings. The van der Waals surface area contributed by atoms with E-state index in [1.165, 1.54) is 0 Å². The smallest absolute Gasteiger partial charge is 0.252 e. The first kappa shape index (κ1) is 8.63. The van der Waals surface area contributed by atoms with E-state index in [1.54, 1.807) is 0 Å². The van der Waals surface area contributed by atoms with Crippen LogP contribution in [0.25, 0.3) is 0 Å². The van der Waals surface area contributed by atoms with E-state index < -0.39 is 11.9 Å². The molecular weight excluding hydrogens is 173 g/mol. The van der Waals surface area contributed by atoms with Gasteiger partial charge >= 0.3 is 6.18 Å². The van der Waals surface area contributed by atoms with Crippen LogP contribution in [0.1, 0.15) is 5.69 Å². The highest BCUT2D eigenvalue weighted by Gasteiger charge is 2.32. The Morgan fingerprint density at radius 2 is 2.08 bits per heavy atom. The Hall–Kier alpha value is -1.46. The summed E-state index contributed by atoms with van der Waals surface area (Å²) in [4.78, 5) is 12.9. The van der Waals surface area contributed by atoms with Gasteiger partial charge in [-0.05, 0) is 17.3 Å². The Balaban J connectivity index is 3.10. The molecule has 1 heterocycles. The Labute approximate surface area is 65.2 Å². The Morgan fingerprint density at radius 3 is 2.58 bits per heavy atom. The highest BCUT2D eigenvalue weighted by molar-refractivity contribution is 5.36. The molecule has 0 atom stereocenters. The third-order valence-corrected chi connectivity index (χ3v) is 1.14. The molecule has 0 spiro atoms. The molecule has 12 heavy (non-hydrogen) atoms. The lowest BCUT2D eigenvalue weighted by molar-refractivity contribution is -0.141. The van der Waals surface area contributed by atoms with Gasteiger partial charge in [-0.2, -0.15) is 13.2 Å². The Morgan fingerprint density at radius 1 is 1.42 bits per heavy atom. The average molecular weight is 176 g/mol. The van der Waals surface area contributed by atoms with E-state index in [0.29, 0.717) is 6.07 Å². The summed E-state index contributed by atoms with van der Waals surface area (Å²) in [6.45, 7) is 0. The maximum absolute atomic E-state index is 11.9. The van der Waals surface area contributed by atoms with Crippen molar-refractivity contribution in [3.8, 4) is 0 Å². The molecular formula is C6H3F3N2O. The van der Waals surface area contributed by atoms with E-state index in [1.807, 2.05) is 0 Å². The molecule has 0 N–H and O–H groups in total. The molecule has 0 amide bonds. The molecule has 0 aliphatic carbocycles. The molecule has 6 heteroatoms. The molecule has 0 saturated carbocycles. The fraction of sp³-hybridized carbons (Fsp3) is 0.167. The molecule has 64 valence electrons. The predicted octanol–water partition coefficient (Wildman–Crippen LogP) is 2.50. The van der Waals surface area contributed by atoms with Gasteiger partial charge in [0, 0.05) is 6.20 Å². The Kier molecular flexibility index (Phi) is 2.07. The third-order valence-electron chi connectivity index (χ3n) is 1.14. The minimum absolute atomic E-state index is 0.280. The van der Waals surface area contributed by atoms with E-state index in [0.717, 1.165) is 12.3 Å². The van der Waals surface area contributed by atoms with Crippen LogP contribution in [-0.2, 0) is 6.18 Å². The van der Waals surface area contributed by atoms with Gasteiger partial charge in [-0.3, -0.25) is 4.98 Å². The highest BCUT2D eigenvalue weighted by Crippen LogP contribution is 2.29. The molecule has 3 nitrogen and oxygen atoms in total. The fourth-order valence-corrected chi connectivity index (χ4v) is 0.631. The van der Waals surface area contributed by atoms with Crippen molar-refractivity contribution >= 4 is 5.69 Å². The molecule has 0 bridgehead atoms. The fourth-order valence-electron chi connectivity index (χ4n) is 0.631. The van der Waals surface area contributed by atoms with Crippen molar-refractivity contribution in [2.75, 3.05) is 0 Å². The monoisotopic (exact) mass is 176 g/mol. The van der Waals surface area contributed by atoms with Crippen molar-refractivity contribution in [1.82, 2.24) is 4.98 Å². The summed E-state index contributed by atoms with van der Waals surface area (Å²) in [5, 5.41) is 2.35. The van der Waals surface area contributed by atoms with Gasteiger partial charge in [0.2, 0.25) is 0 Å². The predicted molar refractivity (Wildman–Crippen MR) is 34.7 cm³/mol. The lowest BCUT2D eigenvalue weighted by atomic mass is 10.3.